The highest BCUT2D eigenvalue weighted by Crippen LogP contribution is 2.28. The van der Waals surface area contributed by atoms with Gasteiger partial charge in [-0.2, -0.15) is 0 Å². The average Bonchev–Trinajstić information content (AvgIpc) is 3.13. The van der Waals surface area contributed by atoms with E-state index in [1.54, 1.807) is 0 Å². The molecule has 1 aromatic rings. The molecule has 2 heterocycles. The molecule has 23 heavy (non-hydrogen) atoms. The molecule has 0 spiro atoms. The maximum atomic E-state index is 12.0. The monoisotopic (exact) mass is 315 g/mol. The molecule has 0 atom stereocenters. The summed E-state index contributed by atoms with van der Waals surface area (Å²) in [6, 6.07) is 6.07. The molecule has 1 amide bonds. The van der Waals surface area contributed by atoms with Gasteiger partial charge in [-0.05, 0) is 43.2 Å². The molecule has 1 saturated heterocycles. The molecule has 0 radical (unpaired) electrons. The first-order valence-electron chi connectivity index (χ1n) is 9.24. The van der Waals surface area contributed by atoms with Crippen LogP contribution in [0.5, 0.6) is 0 Å². The summed E-state index contributed by atoms with van der Waals surface area (Å²) in [5.74, 6) is 2.75. The number of carbonyl (C=O) groups excluding carboxylic acids is 1. The Balaban J connectivity index is 1.32. The molecule has 4 heteroatoms. The lowest BCUT2D eigenvalue weighted by Crippen LogP contribution is -2.39. The van der Waals surface area contributed by atoms with Crippen LogP contribution in [0.3, 0.4) is 0 Å². The minimum atomic E-state index is 0.254. The number of amides is 1. The van der Waals surface area contributed by atoms with E-state index in [1.807, 2.05) is 18.3 Å². The Morgan fingerprint density at radius 2 is 1.91 bits per heavy atom. The van der Waals surface area contributed by atoms with Crippen molar-refractivity contribution >= 4 is 11.7 Å². The molecule has 0 aromatic carbocycles. The fraction of sp³-hybridized carbons (Fsp3) is 0.684. The van der Waals surface area contributed by atoms with Gasteiger partial charge in [0.1, 0.15) is 5.82 Å². The quantitative estimate of drug-likeness (QED) is 0.875. The molecular formula is C19H29N3O. The molecule has 126 valence electrons. The molecule has 1 aliphatic heterocycles. The van der Waals surface area contributed by atoms with Crippen molar-refractivity contribution in [2.75, 3.05) is 24.5 Å². The number of pyridine rings is 1. The summed E-state index contributed by atoms with van der Waals surface area (Å²) in [6.45, 7) is 2.93. The van der Waals surface area contributed by atoms with E-state index in [0.29, 0.717) is 5.92 Å². The van der Waals surface area contributed by atoms with E-state index in [9.17, 15) is 4.79 Å². The third-order valence-electron chi connectivity index (χ3n) is 5.43. The fourth-order valence-electron chi connectivity index (χ4n) is 3.89. The van der Waals surface area contributed by atoms with E-state index in [0.717, 1.165) is 57.1 Å². The van der Waals surface area contributed by atoms with Gasteiger partial charge in [0, 0.05) is 32.3 Å². The zero-order valence-corrected chi connectivity index (χ0v) is 14.0. The van der Waals surface area contributed by atoms with Crippen LogP contribution >= 0.6 is 0 Å². The smallest absolute Gasteiger partial charge is 0.220 e. The number of nitrogens with zero attached hydrogens (tertiary/aromatic N) is 2. The Morgan fingerprint density at radius 1 is 1.13 bits per heavy atom. The molecule has 1 aromatic heterocycles. The molecule has 1 saturated carbocycles. The average molecular weight is 315 g/mol. The van der Waals surface area contributed by atoms with Gasteiger partial charge in [-0.1, -0.05) is 31.7 Å². The van der Waals surface area contributed by atoms with Crippen molar-refractivity contribution in [2.45, 2.75) is 51.4 Å². The van der Waals surface area contributed by atoms with Crippen molar-refractivity contribution in [3.8, 4) is 0 Å². The Hall–Kier alpha value is -1.58. The molecule has 1 aliphatic carbocycles. The highest BCUT2D eigenvalue weighted by molar-refractivity contribution is 5.75. The highest BCUT2D eigenvalue weighted by Gasteiger charge is 2.21. The van der Waals surface area contributed by atoms with E-state index in [1.165, 1.54) is 25.7 Å². The lowest BCUT2D eigenvalue weighted by molar-refractivity contribution is -0.121. The molecule has 2 aliphatic rings. The number of piperidine rings is 1. The first-order valence-corrected chi connectivity index (χ1v) is 9.24. The van der Waals surface area contributed by atoms with Crippen molar-refractivity contribution in [2.24, 2.45) is 11.8 Å². The van der Waals surface area contributed by atoms with E-state index < -0.39 is 0 Å². The second-order valence-corrected chi connectivity index (χ2v) is 7.11. The van der Waals surface area contributed by atoms with Crippen LogP contribution in [-0.4, -0.2) is 30.5 Å². The van der Waals surface area contributed by atoms with Crippen molar-refractivity contribution in [1.82, 2.24) is 10.3 Å². The summed E-state index contributed by atoms with van der Waals surface area (Å²) in [5, 5.41) is 3.16. The maximum absolute atomic E-state index is 12.0. The third kappa shape index (κ3) is 4.95. The van der Waals surface area contributed by atoms with E-state index in [-0.39, 0.29) is 5.91 Å². The number of aromatic nitrogens is 1. The maximum Gasteiger partial charge on any atom is 0.220 e. The minimum Gasteiger partial charge on any atom is -0.357 e. The first-order chi connectivity index (χ1) is 11.3. The topological polar surface area (TPSA) is 45.2 Å². The first kappa shape index (κ1) is 16.3. The lowest BCUT2D eigenvalue weighted by atomic mass is 9.96. The van der Waals surface area contributed by atoms with Gasteiger partial charge in [-0.15, -0.1) is 0 Å². The lowest BCUT2D eigenvalue weighted by Gasteiger charge is -2.32. The van der Waals surface area contributed by atoms with Gasteiger partial charge in [0.2, 0.25) is 5.91 Å². The predicted octanol–water partition coefficient (Wildman–Crippen LogP) is 3.38. The van der Waals surface area contributed by atoms with Gasteiger partial charge >= 0.3 is 0 Å². The zero-order valence-electron chi connectivity index (χ0n) is 14.0. The van der Waals surface area contributed by atoms with Gasteiger partial charge in [-0.25, -0.2) is 4.98 Å². The Morgan fingerprint density at radius 3 is 2.61 bits per heavy atom. The summed E-state index contributed by atoms with van der Waals surface area (Å²) >= 11 is 0. The molecule has 0 unspecified atom stereocenters. The summed E-state index contributed by atoms with van der Waals surface area (Å²) in [5.41, 5.74) is 0. The minimum absolute atomic E-state index is 0.254. The number of hydrogen-bond acceptors (Lipinski definition) is 3. The number of anilines is 1. The Labute approximate surface area is 139 Å². The van der Waals surface area contributed by atoms with Gasteiger partial charge in [-0.3, -0.25) is 4.79 Å². The summed E-state index contributed by atoms with van der Waals surface area (Å²) in [6.07, 6.45) is 11.3. The SMILES string of the molecule is O=C(CCC1CCCC1)NCC1CCN(c2ccccn2)CC1. The second-order valence-electron chi connectivity index (χ2n) is 7.11. The number of nitrogens with one attached hydrogen (secondary N) is 1. The fourth-order valence-corrected chi connectivity index (χ4v) is 3.89. The van der Waals surface area contributed by atoms with E-state index >= 15 is 0 Å². The van der Waals surface area contributed by atoms with Gasteiger partial charge in [0.05, 0.1) is 0 Å². The Kier molecular flexibility index (Phi) is 5.89. The number of carbonyl (C=O) groups is 1. The summed E-state index contributed by atoms with van der Waals surface area (Å²) in [4.78, 5) is 18.8. The van der Waals surface area contributed by atoms with Crippen molar-refractivity contribution in [3.05, 3.63) is 24.4 Å². The molecule has 3 rings (SSSR count). The van der Waals surface area contributed by atoms with E-state index in [4.69, 9.17) is 0 Å². The van der Waals surface area contributed by atoms with Crippen LogP contribution in [0.1, 0.15) is 51.4 Å². The van der Waals surface area contributed by atoms with Crippen LogP contribution in [0.2, 0.25) is 0 Å². The van der Waals surface area contributed by atoms with Gasteiger partial charge < -0.3 is 10.2 Å². The molecule has 2 fully saturated rings. The normalized spacial score (nSPS) is 19.9. The van der Waals surface area contributed by atoms with Crippen molar-refractivity contribution in [3.63, 3.8) is 0 Å². The number of rotatable bonds is 6. The molecular weight excluding hydrogens is 286 g/mol. The Bertz CT molecular complexity index is 477. The van der Waals surface area contributed by atoms with Crippen LogP contribution in [0.25, 0.3) is 0 Å². The van der Waals surface area contributed by atoms with Crippen LogP contribution in [-0.2, 0) is 4.79 Å². The molecule has 4 nitrogen and oxygen atoms in total. The molecule has 0 bridgehead atoms. The van der Waals surface area contributed by atoms with Crippen LogP contribution in [0, 0.1) is 11.8 Å². The molecule has 1 N–H and O–H groups in total. The van der Waals surface area contributed by atoms with Gasteiger partial charge in [0.15, 0.2) is 0 Å². The largest absolute Gasteiger partial charge is 0.357 e. The predicted molar refractivity (Wildman–Crippen MR) is 93.4 cm³/mol. The summed E-state index contributed by atoms with van der Waals surface area (Å²) < 4.78 is 0. The van der Waals surface area contributed by atoms with Crippen LogP contribution in [0.4, 0.5) is 5.82 Å². The summed E-state index contributed by atoms with van der Waals surface area (Å²) in [7, 11) is 0. The van der Waals surface area contributed by atoms with Gasteiger partial charge in [0.25, 0.3) is 0 Å². The van der Waals surface area contributed by atoms with Crippen LogP contribution < -0.4 is 10.2 Å². The third-order valence-corrected chi connectivity index (χ3v) is 5.43. The van der Waals surface area contributed by atoms with Crippen LogP contribution in [0.15, 0.2) is 24.4 Å². The second kappa shape index (κ2) is 8.32. The standard InChI is InChI=1S/C19H29N3O/c23-19(9-8-16-5-1-2-6-16)21-15-17-10-13-22(14-11-17)18-7-3-4-12-20-18/h3-4,7,12,16-17H,1-2,5-6,8-11,13-15H2,(H,21,23). The zero-order chi connectivity index (χ0) is 15.9. The van der Waals surface area contributed by atoms with Crippen molar-refractivity contribution < 1.29 is 4.79 Å². The highest BCUT2D eigenvalue weighted by atomic mass is 16.1. The number of hydrogen-bond donors (Lipinski definition) is 1. The van der Waals surface area contributed by atoms with E-state index in [2.05, 4.69) is 21.3 Å². The van der Waals surface area contributed by atoms with Crippen molar-refractivity contribution in [1.29, 1.82) is 0 Å².